The summed E-state index contributed by atoms with van der Waals surface area (Å²) in [5.41, 5.74) is 3.50. The standard InChI is InChI=1S/C16H21NO2/c1-10-6-8-13(16(18-5)12(10)3)15(17-4)14-9-7-11(2)19-14/h6-9,15,17H,1-5H3. The summed E-state index contributed by atoms with van der Waals surface area (Å²) in [4.78, 5) is 0. The molecule has 0 fully saturated rings. The van der Waals surface area contributed by atoms with Crippen LogP contribution in [0.4, 0.5) is 0 Å². The molecule has 2 aromatic rings. The van der Waals surface area contributed by atoms with Crippen molar-refractivity contribution in [3.05, 3.63) is 52.5 Å². The van der Waals surface area contributed by atoms with Crippen LogP contribution >= 0.6 is 0 Å². The van der Waals surface area contributed by atoms with Crippen molar-refractivity contribution < 1.29 is 9.15 Å². The molecule has 0 aliphatic carbocycles. The first-order chi connectivity index (χ1) is 9.08. The minimum absolute atomic E-state index is 0.00273. The molecular formula is C16H21NO2. The molecule has 2 rings (SSSR count). The molecule has 1 heterocycles. The van der Waals surface area contributed by atoms with Crippen LogP contribution in [0.3, 0.4) is 0 Å². The summed E-state index contributed by atoms with van der Waals surface area (Å²) >= 11 is 0. The lowest BCUT2D eigenvalue weighted by Gasteiger charge is -2.20. The minimum atomic E-state index is 0.00273. The van der Waals surface area contributed by atoms with Gasteiger partial charge in [-0.3, -0.25) is 0 Å². The molecule has 1 aromatic carbocycles. The number of hydrogen-bond donors (Lipinski definition) is 1. The van der Waals surface area contributed by atoms with Crippen LogP contribution in [0, 0.1) is 20.8 Å². The van der Waals surface area contributed by atoms with Gasteiger partial charge in [0.15, 0.2) is 0 Å². The Morgan fingerprint density at radius 2 is 1.84 bits per heavy atom. The van der Waals surface area contributed by atoms with E-state index < -0.39 is 0 Å². The number of furan rings is 1. The highest BCUT2D eigenvalue weighted by Crippen LogP contribution is 2.34. The van der Waals surface area contributed by atoms with E-state index in [0.29, 0.717) is 0 Å². The quantitative estimate of drug-likeness (QED) is 0.912. The predicted octanol–water partition coefficient (Wildman–Crippen LogP) is 3.52. The molecule has 1 aromatic heterocycles. The first kappa shape index (κ1) is 13.7. The van der Waals surface area contributed by atoms with E-state index in [1.165, 1.54) is 11.1 Å². The Morgan fingerprint density at radius 1 is 1.11 bits per heavy atom. The highest BCUT2D eigenvalue weighted by atomic mass is 16.5. The van der Waals surface area contributed by atoms with Crippen molar-refractivity contribution >= 4 is 0 Å². The maximum atomic E-state index is 5.74. The van der Waals surface area contributed by atoms with E-state index in [4.69, 9.17) is 9.15 Å². The van der Waals surface area contributed by atoms with Gasteiger partial charge in [0.05, 0.1) is 13.2 Å². The van der Waals surface area contributed by atoms with Crippen LogP contribution < -0.4 is 10.1 Å². The molecule has 1 atom stereocenters. The lowest BCUT2D eigenvalue weighted by molar-refractivity contribution is 0.391. The largest absolute Gasteiger partial charge is 0.496 e. The zero-order chi connectivity index (χ0) is 14.0. The number of methoxy groups -OCH3 is 1. The van der Waals surface area contributed by atoms with Crippen LogP contribution in [0.25, 0.3) is 0 Å². The predicted molar refractivity (Wildman–Crippen MR) is 76.8 cm³/mol. The minimum Gasteiger partial charge on any atom is -0.496 e. The summed E-state index contributed by atoms with van der Waals surface area (Å²) < 4.78 is 11.3. The Kier molecular flexibility index (Phi) is 3.96. The Hall–Kier alpha value is -1.74. The van der Waals surface area contributed by atoms with Gasteiger partial charge in [-0.15, -0.1) is 0 Å². The van der Waals surface area contributed by atoms with Crippen LogP contribution in [0.2, 0.25) is 0 Å². The van der Waals surface area contributed by atoms with E-state index in [9.17, 15) is 0 Å². The second-order valence-corrected chi connectivity index (χ2v) is 4.80. The molecule has 0 aliphatic heterocycles. The SMILES string of the molecule is CNC(c1ccc(C)o1)c1ccc(C)c(C)c1OC. The molecule has 0 aliphatic rings. The molecule has 0 saturated heterocycles. The number of rotatable bonds is 4. The third kappa shape index (κ3) is 2.51. The van der Waals surface area contributed by atoms with Crippen LogP contribution in [0.15, 0.2) is 28.7 Å². The molecule has 3 heteroatoms. The van der Waals surface area contributed by atoms with Crippen LogP contribution in [-0.2, 0) is 0 Å². The monoisotopic (exact) mass is 259 g/mol. The zero-order valence-electron chi connectivity index (χ0n) is 12.2. The lowest BCUT2D eigenvalue weighted by Crippen LogP contribution is -2.18. The first-order valence-electron chi connectivity index (χ1n) is 6.46. The first-order valence-corrected chi connectivity index (χ1v) is 6.46. The number of hydrogen-bond acceptors (Lipinski definition) is 3. The Morgan fingerprint density at radius 3 is 2.37 bits per heavy atom. The zero-order valence-corrected chi connectivity index (χ0v) is 12.2. The topological polar surface area (TPSA) is 34.4 Å². The highest BCUT2D eigenvalue weighted by molar-refractivity contribution is 5.48. The van der Waals surface area contributed by atoms with Gasteiger partial charge in [-0.2, -0.15) is 0 Å². The van der Waals surface area contributed by atoms with Crippen molar-refractivity contribution in [2.75, 3.05) is 14.2 Å². The molecule has 3 nitrogen and oxygen atoms in total. The normalized spacial score (nSPS) is 12.5. The van der Waals surface area contributed by atoms with Crippen molar-refractivity contribution in [1.29, 1.82) is 0 Å². The van der Waals surface area contributed by atoms with Gasteiger partial charge in [0.2, 0.25) is 0 Å². The fraction of sp³-hybridized carbons (Fsp3) is 0.375. The Labute approximate surface area is 114 Å². The third-order valence-electron chi connectivity index (χ3n) is 3.56. The summed E-state index contributed by atoms with van der Waals surface area (Å²) in [5.74, 6) is 2.74. The van der Waals surface area contributed by atoms with Crippen LogP contribution in [0.1, 0.15) is 34.3 Å². The van der Waals surface area contributed by atoms with Crippen LogP contribution in [0.5, 0.6) is 5.75 Å². The summed E-state index contributed by atoms with van der Waals surface area (Å²) in [6.07, 6.45) is 0. The summed E-state index contributed by atoms with van der Waals surface area (Å²) in [7, 11) is 3.64. The summed E-state index contributed by atoms with van der Waals surface area (Å²) in [5, 5.41) is 3.30. The van der Waals surface area contributed by atoms with E-state index in [0.717, 1.165) is 22.8 Å². The van der Waals surface area contributed by atoms with Gasteiger partial charge in [0.25, 0.3) is 0 Å². The highest BCUT2D eigenvalue weighted by Gasteiger charge is 2.21. The van der Waals surface area contributed by atoms with Gasteiger partial charge >= 0.3 is 0 Å². The van der Waals surface area contributed by atoms with Gasteiger partial charge in [-0.25, -0.2) is 0 Å². The number of nitrogens with one attached hydrogen (secondary N) is 1. The second kappa shape index (κ2) is 5.49. The smallest absolute Gasteiger partial charge is 0.127 e. The van der Waals surface area contributed by atoms with E-state index in [-0.39, 0.29) is 6.04 Å². The number of ether oxygens (including phenoxy) is 1. The molecular weight excluding hydrogens is 238 g/mol. The molecule has 102 valence electrons. The fourth-order valence-electron chi connectivity index (χ4n) is 2.37. The number of aryl methyl sites for hydroxylation is 2. The summed E-state index contributed by atoms with van der Waals surface area (Å²) in [6.45, 7) is 6.12. The van der Waals surface area contributed by atoms with Gasteiger partial charge in [-0.05, 0) is 51.1 Å². The van der Waals surface area contributed by atoms with Gasteiger partial charge in [0, 0.05) is 5.56 Å². The fourth-order valence-corrected chi connectivity index (χ4v) is 2.37. The molecule has 19 heavy (non-hydrogen) atoms. The maximum absolute atomic E-state index is 5.74. The molecule has 1 unspecified atom stereocenters. The van der Waals surface area contributed by atoms with E-state index >= 15 is 0 Å². The Bertz CT molecular complexity index is 572. The average molecular weight is 259 g/mol. The van der Waals surface area contributed by atoms with Crippen molar-refractivity contribution in [3.8, 4) is 5.75 Å². The molecule has 0 saturated carbocycles. The van der Waals surface area contributed by atoms with Crippen molar-refractivity contribution in [3.63, 3.8) is 0 Å². The molecule has 0 radical (unpaired) electrons. The summed E-state index contributed by atoms with van der Waals surface area (Å²) in [6, 6.07) is 8.20. The van der Waals surface area contributed by atoms with Gasteiger partial charge < -0.3 is 14.5 Å². The van der Waals surface area contributed by atoms with Gasteiger partial charge in [-0.1, -0.05) is 12.1 Å². The maximum Gasteiger partial charge on any atom is 0.127 e. The second-order valence-electron chi connectivity index (χ2n) is 4.80. The molecule has 0 bridgehead atoms. The third-order valence-corrected chi connectivity index (χ3v) is 3.56. The van der Waals surface area contributed by atoms with Crippen molar-refractivity contribution in [2.24, 2.45) is 0 Å². The van der Waals surface area contributed by atoms with Crippen LogP contribution in [-0.4, -0.2) is 14.2 Å². The van der Waals surface area contributed by atoms with Gasteiger partial charge in [0.1, 0.15) is 17.3 Å². The van der Waals surface area contributed by atoms with Crippen molar-refractivity contribution in [2.45, 2.75) is 26.8 Å². The van der Waals surface area contributed by atoms with Crippen molar-refractivity contribution in [1.82, 2.24) is 5.32 Å². The average Bonchev–Trinajstić information content (AvgIpc) is 2.81. The molecule has 0 amide bonds. The molecule has 0 spiro atoms. The van der Waals surface area contributed by atoms with E-state index in [1.807, 2.05) is 26.1 Å². The number of benzene rings is 1. The molecule has 1 N–H and O–H groups in total. The lowest BCUT2D eigenvalue weighted by atomic mass is 9.98. The Balaban J connectivity index is 2.52. The van der Waals surface area contributed by atoms with E-state index in [1.54, 1.807) is 7.11 Å². The van der Waals surface area contributed by atoms with E-state index in [2.05, 4.69) is 31.3 Å².